The Kier molecular flexibility index (Phi) is 4.85. The molecule has 1 aromatic heterocycles. The Bertz CT molecular complexity index is 940. The number of ether oxygens (including phenoxy) is 2. The SMILES string of the molecule is COc1cc(OC)cc(C(=O)Nc2cccc(-n3cc[nH]c3=S)c2)c1. The first-order chi connectivity index (χ1) is 12.1. The van der Waals surface area contributed by atoms with E-state index < -0.39 is 0 Å². The Labute approximate surface area is 150 Å². The number of imidazole rings is 1. The number of H-pyrrole nitrogens is 1. The van der Waals surface area contributed by atoms with Gasteiger partial charge in [0.15, 0.2) is 4.77 Å². The number of rotatable bonds is 5. The molecule has 0 aliphatic carbocycles. The largest absolute Gasteiger partial charge is 0.497 e. The summed E-state index contributed by atoms with van der Waals surface area (Å²) in [4.78, 5) is 15.5. The number of amides is 1. The highest BCUT2D eigenvalue weighted by Crippen LogP contribution is 2.23. The number of nitrogens with zero attached hydrogens (tertiary/aromatic N) is 1. The molecule has 6 nitrogen and oxygen atoms in total. The van der Waals surface area contributed by atoms with Gasteiger partial charge in [0.1, 0.15) is 11.5 Å². The molecule has 128 valence electrons. The summed E-state index contributed by atoms with van der Waals surface area (Å²) in [5, 5.41) is 2.88. The van der Waals surface area contributed by atoms with Crippen molar-refractivity contribution in [1.82, 2.24) is 9.55 Å². The van der Waals surface area contributed by atoms with E-state index in [0.717, 1.165) is 5.69 Å². The van der Waals surface area contributed by atoms with E-state index in [-0.39, 0.29) is 5.91 Å². The molecule has 0 spiro atoms. The van der Waals surface area contributed by atoms with E-state index in [9.17, 15) is 4.79 Å². The van der Waals surface area contributed by atoms with Crippen molar-refractivity contribution in [2.45, 2.75) is 0 Å². The summed E-state index contributed by atoms with van der Waals surface area (Å²) < 4.78 is 12.8. The molecule has 1 heterocycles. The van der Waals surface area contributed by atoms with Gasteiger partial charge in [-0.05, 0) is 42.5 Å². The van der Waals surface area contributed by atoms with Crippen LogP contribution in [-0.4, -0.2) is 29.7 Å². The molecule has 0 saturated carbocycles. The van der Waals surface area contributed by atoms with E-state index in [1.165, 1.54) is 0 Å². The number of hydrogen-bond donors (Lipinski definition) is 2. The van der Waals surface area contributed by atoms with Crippen LogP contribution in [0.15, 0.2) is 54.9 Å². The zero-order chi connectivity index (χ0) is 17.8. The van der Waals surface area contributed by atoms with E-state index in [2.05, 4.69) is 10.3 Å². The molecule has 0 unspecified atom stereocenters. The molecule has 0 fully saturated rings. The molecule has 3 aromatic rings. The summed E-state index contributed by atoms with van der Waals surface area (Å²) in [6, 6.07) is 12.5. The Morgan fingerprint density at radius 2 is 1.84 bits per heavy atom. The normalized spacial score (nSPS) is 10.3. The van der Waals surface area contributed by atoms with Crippen molar-refractivity contribution in [3.63, 3.8) is 0 Å². The van der Waals surface area contributed by atoms with Gasteiger partial charge in [0.25, 0.3) is 5.91 Å². The summed E-state index contributed by atoms with van der Waals surface area (Å²) in [6.07, 6.45) is 3.59. The van der Waals surface area contributed by atoms with Crippen LogP contribution < -0.4 is 14.8 Å². The van der Waals surface area contributed by atoms with Crippen molar-refractivity contribution in [2.24, 2.45) is 0 Å². The quantitative estimate of drug-likeness (QED) is 0.683. The molecule has 1 amide bonds. The lowest BCUT2D eigenvalue weighted by Crippen LogP contribution is -2.12. The number of nitrogens with one attached hydrogen (secondary N) is 2. The summed E-state index contributed by atoms with van der Waals surface area (Å²) in [7, 11) is 3.08. The molecule has 25 heavy (non-hydrogen) atoms. The van der Waals surface area contributed by atoms with Crippen molar-refractivity contribution in [2.75, 3.05) is 19.5 Å². The molecule has 0 radical (unpaired) electrons. The second-order valence-corrected chi connectivity index (χ2v) is 5.63. The fourth-order valence-corrected chi connectivity index (χ4v) is 2.63. The maximum Gasteiger partial charge on any atom is 0.255 e. The molecule has 0 aliphatic rings. The van der Waals surface area contributed by atoms with Crippen molar-refractivity contribution in [3.8, 4) is 17.2 Å². The standard InChI is InChI=1S/C18H17N3O3S/c1-23-15-8-12(9-16(11-15)24-2)17(22)20-13-4-3-5-14(10-13)21-7-6-19-18(21)25/h3-11H,1-2H3,(H,19,25)(H,20,22). The zero-order valence-corrected chi connectivity index (χ0v) is 14.6. The van der Waals surface area contributed by atoms with E-state index >= 15 is 0 Å². The van der Waals surface area contributed by atoms with Gasteiger partial charge < -0.3 is 19.8 Å². The molecular formula is C18H17N3O3S. The monoisotopic (exact) mass is 355 g/mol. The molecule has 0 saturated heterocycles. The van der Waals surface area contributed by atoms with Crippen LogP contribution in [0.2, 0.25) is 0 Å². The minimum absolute atomic E-state index is 0.257. The second-order valence-electron chi connectivity index (χ2n) is 5.24. The van der Waals surface area contributed by atoms with E-state index in [1.807, 2.05) is 35.0 Å². The Balaban J connectivity index is 1.87. The summed E-state index contributed by atoms with van der Waals surface area (Å²) in [6.45, 7) is 0. The first kappa shape index (κ1) is 16.8. The van der Waals surface area contributed by atoms with Crippen LogP contribution in [0.1, 0.15) is 10.4 Å². The number of carbonyl (C=O) groups is 1. The highest BCUT2D eigenvalue weighted by Gasteiger charge is 2.11. The van der Waals surface area contributed by atoms with Crippen molar-refractivity contribution >= 4 is 23.8 Å². The Hall–Kier alpha value is -3.06. The van der Waals surface area contributed by atoms with E-state index in [4.69, 9.17) is 21.7 Å². The van der Waals surface area contributed by atoms with Crippen LogP contribution in [0.4, 0.5) is 5.69 Å². The number of methoxy groups -OCH3 is 2. The van der Waals surface area contributed by atoms with Crippen molar-refractivity contribution in [3.05, 3.63) is 65.2 Å². The lowest BCUT2D eigenvalue weighted by molar-refractivity contribution is 0.102. The van der Waals surface area contributed by atoms with Crippen LogP contribution in [0.25, 0.3) is 5.69 Å². The molecule has 2 N–H and O–H groups in total. The van der Waals surface area contributed by atoms with Gasteiger partial charge in [-0.25, -0.2) is 0 Å². The van der Waals surface area contributed by atoms with Crippen molar-refractivity contribution < 1.29 is 14.3 Å². The number of benzene rings is 2. The maximum absolute atomic E-state index is 12.6. The molecule has 0 aliphatic heterocycles. The topological polar surface area (TPSA) is 68.3 Å². The summed E-state index contributed by atoms with van der Waals surface area (Å²) in [5.41, 5.74) is 1.96. The average molecular weight is 355 g/mol. The highest BCUT2D eigenvalue weighted by atomic mass is 32.1. The minimum atomic E-state index is -0.257. The predicted molar refractivity (Wildman–Crippen MR) is 98.5 cm³/mol. The first-order valence-electron chi connectivity index (χ1n) is 7.51. The smallest absolute Gasteiger partial charge is 0.255 e. The van der Waals surface area contributed by atoms with Gasteiger partial charge in [0.05, 0.1) is 14.2 Å². The van der Waals surface area contributed by atoms with Gasteiger partial charge in [-0.1, -0.05) is 6.07 Å². The maximum atomic E-state index is 12.6. The molecule has 0 bridgehead atoms. The third kappa shape index (κ3) is 3.72. The summed E-state index contributed by atoms with van der Waals surface area (Å²) in [5.74, 6) is 0.848. The fraction of sp³-hybridized carbons (Fsp3) is 0.111. The van der Waals surface area contributed by atoms with Crippen LogP contribution in [-0.2, 0) is 0 Å². The minimum Gasteiger partial charge on any atom is -0.497 e. The van der Waals surface area contributed by atoms with Crippen LogP contribution in [0.5, 0.6) is 11.5 Å². The predicted octanol–water partition coefficient (Wildman–Crippen LogP) is 3.80. The van der Waals surface area contributed by atoms with Gasteiger partial charge in [-0.2, -0.15) is 0 Å². The number of carbonyl (C=O) groups excluding carboxylic acids is 1. The highest BCUT2D eigenvalue weighted by molar-refractivity contribution is 7.71. The Morgan fingerprint density at radius 3 is 2.44 bits per heavy atom. The molecule has 2 aromatic carbocycles. The van der Waals surface area contributed by atoms with Crippen LogP contribution in [0.3, 0.4) is 0 Å². The van der Waals surface area contributed by atoms with E-state index in [0.29, 0.717) is 27.5 Å². The first-order valence-corrected chi connectivity index (χ1v) is 7.92. The van der Waals surface area contributed by atoms with Gasteiger partial charge in [-0.15, -0.1) is 0 Å². The number of hydrogen-bond acceptors (Lipinski definition) is 4. The van der Waals surface area contributed by atoms with Crippen LogP contribution >= 0.6 is 12.2 Å². The lowest BCUT2D eigenvalue weighted by atomic mass is 10.1. The molecule has 3 rings (SSSR count). The third-order valence-electron chi connectivity index (χ3n) is 3.65. The van der Waals surface area contributed by atoms with Gasteiger partial charge in [-0.3, -0.25) is 9.36 Å². The van der Waals surface area contributed by atoms with Gasteiger partial charge in [0, 0.05) is 35.4 Å². The average Bonchev–Trinajstić information content (AvgIpc) is 3.07. The van der Waals surface area contributed by atoms with Crippen LogP contribution in [0, 0.1) is 4.77 Å². The summed E-state index contributed by atoms with van der Waals surface area (Å²) >= 11 is 5.22. The zero-order valence-electron chi connectivity index (χ0n) is 13.8. The molecule has 7 heteroatoms. The number of anilines is 1. The molecular weight excluding hydrogens is 338 g/mol. The van der Waals surface area contributed by atoms with Crippen molar-refractivity contribution in [1.29, 1.82) is 0 Å². The number of aromatic nitrogens is 2. The van der Waals surface area contributed by atoms with Gasteiger partial charge >= 0.3 is 0 Å². The third-order valence-corrected chi connectivity index (χ3v) is 3.96. The van der Waals surface area contributed by atoms with Gasteiger partial charge in [0.2, 0.25) is 0 Å². The molecule has 0 atom stereocenters. The van der Waals surface area contributed by atoms with E-state index in [1.54, 1.807) is 38.6 Å². The fourth-order valence-electron chi connectivity index (χ4n) is 2.40. The Morgan fingerprint density at radius 1 is 1.12 bits per heavy atom. The number of aromatic amines is 1. The lowest BCUT2D eigenvalue weighted by Gasteiger charge is -2.10. The second kappa shape index (κ2) is 7.23.